The molecule has 2 N–H and O–H groups in total. The minimum Gasteiger partial charge on any atom is -0.391 e. The van der Waals surface area contributed by atoms with Crippen LogP contribution in [0.15, 0.2) is 0 Å². The summed E-state index contributed by atoms with van der Waals surface area (Å²) in [6.45, 7) is 2.19. The average Bonchev–Trinajstić information content (AvgIpc) is 2.56. The lowest BCUT2D eigenvalue weighted by atomic mass is 10.1. The number of aliphatic hydroxyl groups is 2. The third-order valence-electron chi connectivity index (χ3n) is 2.63. The fourth-order valence-corrected chi connectivity index (χ4v) is 2.18. The molecule has 0 aromatic heterocycles. The Morgan fingerprint density at radius 3 is 1.37 bits per heavy atom. The molecule has 1 fully saturated rings. The molecule has 10 heteroatoms. The Balaban J connectivity index is 3.24. The molecule has 1 aliphatic heterocycles. The van der Waals surface area contributed by atoms with Crippen molar-refractivity contribution in [1.29, 1.82) is 0 Å². The number of hydrogen-bond acceptors (Lipinski definition) is 4. The van der Waals surface area contributed by atoms with E-state index in [1.54, 1.807) is 0 Å². The van der Waals surface area contributed by atoms with E-state index in [2.05, 4.69) is 32.7 Å². The monoisotopic (exact) mass is 330 g/mol. The lowest BCUT2D eigenvalue weighted by Crippen LogP contribution is -2.57. The third kappa shape index (κ3) is 2.93. The predicted octanol–water partition coefficient (Wildman–Crippen LogP) is 1.89. The Labute approximate surface area is 116 Å². The minimum absolute atomic E-state index is 1.10. The van der Waals surface area contributed by atoms with Crippen molar-refractivity contribution < 1.29 is 37.2 Å². The Morgan fingerprint density at radius 2 is 1.21 bits per heavy atom. The molecule has 1 saturated heterocycles. The summed E-state index contributed by atoms with van der Waals surface area (Å²) in [6, 6.07) is 0. The van der Waals surface area contributed by atoms with Crippen molar-refractivity contribution in [1.82, 2.24) is 0 Å². The van der Waals surface area contributed by atoms with Gasteiger partial charge >= 0.3 is 16.6 Å². The quantitative estimate of drug-likeness (QED) is 0.610. The summed E-state index contributed by atoms with van der Waals surface area (Å²) >= 11 is 9.22. The van der Waals surface area contributed by atoms with E-state index in [9.17, 15) is 27.8 Å². The van der Waals surface area contributed by atoms with Crippen molar-refractivity contribution in [3.8, 4) is 0 Å². The molecular weight excluding hydrogens is 319 g/mol. The third-order valence-corrected chi connectivity index (χ3v) is 3.12. The summed E-state index contributed by atoms with van der Waals surface area (Å²) in [6.07, 6.45) is -6.23. The first kappa shape index (κ1) is 17.2. The molecule has 0 bridgehead atoms. The molecule has 0 aromatic carbocycles. The van der Waals surface area contributed by atoms with Crippen molar-refractivity contribution in [2.45, 2.75) is 54.8 Å². The van der Waals surface area contributed by atoms with Gasteiger partial charge in [0, 0.05) is 0 Å². The van der Waals surface area contributed by atoms with Crippen molar-refractivity contribution in [3.05, 3.63) is 0 Å². The molecule has 1 heterocycles. The first-order valence-corrected chi connectivity index (χ1v) is 5.94. The van der Waals surface area contributed by atoms with Gasteiger partial charge in [-0.2, -0.15) is 17.6 Å². The van der Waals surface area contributed by atoms with Crippen LogP contribution in [0.1, 0.15) is 13.8 Å². The van der Waals surface area contributed by atoms with Crippen LogP contribution in [-0.2, 0) is 9.47 Å². The van der Waals surface area contributed by atoms with Gasteiger partial charge < -0.3 is 19.7 Å². The number of aliphatic hydroxyl groups excluding tert-OH is 2. The fourth-order valence-electron chi connectivity index (χ4n) is 1.72. The van der Waals surface area contributed by atoms with Crippen LogP contribution in [-0.4, -0.2) is 51.2 Å². The highest BCUT2D eigenvalue weighted by Gasteiger charge is 2.76. The normalized spacial score (nSPS) is 31.3. The van der Waals surface area contributed by atoms with E-state index in [1.807, 2.05) is 0 Å². The maximum atomic E-state index is 13.2. The van der Waals surface area contributed by atoms with Crippen LogP contribution >= 0.6 is 23.2 Å². The molecule has 4 unspecified atom stereocenters. The summed E-state index contributed by atoms with van der Waals surface area (Å²) in [5.41, 5.74) is 0. The molecule has 4 atom stereocenters. The van der Waals surface area contributed by atoms with Gasteiger partial charge in [0.2, 0.25) is 0 Å². The summed E-state index contributed by atoms with van der Waals surface area (Å²) < 4.78 is 61.8. The van der Waals surface area contributed by atoms with Gasteiger partial charge in [-0.3, -0.25) is 0 Å². The van der Waals surface area contributed by atoms with E-state index in [-0.39, 0.29) is 0 Å². The van der Waals surface area contributed by atoms with Crippen LogP contribution in [0.5, 0.6) is 0 Å². The van der Waals surface area contributed by atoms with Crippen LogP contribution in [0, 0.1) is 0 Å². The van der Waals surface area contributed by atoms with E-state index in [4.69, 9.17) is 0 Å². The summed E-state index contributed by atoms with van der Waals surface area (Å²) in [7, 11) is 0. The predicted molar refractivity (Wildman–Crippen MR) is 57.4 cm³/mol. The van der Waals surface area contributed by atoms with Gasteiger partial charge in [0.05, 0.1) is 12.2 Å². The molecule has 4 nitrogen and oxygen atoms in total. The summed E-state index contributed by atoms with van der Waals surface area (Å²) in [5, 5.41) is 9.32. The molecule has 19 heavy (non-hydrogen) atoms. The van der Waals surface area contributed by atoms with E-state index in [1.165, 1.54) is 0 Å². The largest absolute Gasteiger partial charge is 0.391 e. The van der Waals surface area contributed by atoms with Crippen LogP contribution in [0.2, 0.25) is 0 Å². The van der Waals surface area contributed by atoms with E-state index in [0.29, 0.717) is 0 Å². The number of halogens is 6. The molecule has 0 spiro atoms. The lowest BCUT2D eigenvalue weighted by molar-refractivity contribution is -0.336. The summed E-state index contributed by atoms with van der Waals surface area (Å²) in [4.78, 5) is 0. The highest BCUT2D eigenvalue weighted by Crippen LogP contribution is 2.54. The molecule has 0 amide bonds. The van der Waals surface area contributed by atoms with Gasteiger partial charge in [0.25, 0.3) is 0 Å². The lowest BCUT2D eigenvalue weighted by Gasteiger charge is -2.34. The van der Waals surface area contributed by atoms with Crippen LogP contribution < -0.4 is 0 Å². The molecule has 0 radical (unpaired) electrons. The maximum absolute atomic E-state index is 13.2. The second-order valence-corrected chi connectivity index (χ2v) is 5.21. The first-order valence-electron chi connectivity index (χ1n) is 5.18. The number of hydrogen-bond donors (Lipinski definition) is 2. The van der Waals surface area contributed by atoms with E-state index >= 15 is 0 Å². The van der Waals surface area contributed by atoms with Crippen molar-refractivity contribution in [3.63, 3.8) is 0 Å². The fraction of sp³-hybridized carbons (Fsp3) is 1.00. The van der Waals surface area contributed by atoms with Gasteiger partial charge in [-0.15, -0.1) is 0 Å². The maximum Gasteiger partial charge on any atom is 0.382 e. The molecule has 0 saturated carbocycles. The van der Waals surface area contributed by atoms with Gasteiger partial charge in [0.1, 0.15) is 12.2 Å². The Kier molecular flexibility index (Phi) is 4.67. The van der Waals surface area contributed by atoms with Crippen LogP contribution in [0.4, 0.5) is 17.6 Å². The first-order chi connectivity index (χ1) is 8.33. The molecule has 114 valence electrons. The molecular formula is C9H12Cl2F4O4. The zero-order valence-corrected chi connectivity index (χ0v) is 11.3. The zero-order chi connectivity index (χ0) is 15.2. The van der Waals surface area contributed by atoms with Gasteiger partial charge in [-0.05, 0) is 37.0 Å². The molecule has 1 rings (SSSR count). The van der Waals surface area contributed by atoms with E-state index in [0.717, 1.165) is 13.8 Å². The molecule has 0 aromatic rings. The highest BCUT2D eigenvalue weighted by molar-refractivity contribution is 6.26. The van der Waals surface area contributed by atoms with Crippen molar-refractivity contribution >= 4 is 23.2 Å². The van der Waals surface area contributed by atoms with Gasteiger partial charge in [-0.1, -0.05) is 0 Å². The smallest absolute Gasteiger partial charge is 0.382 e. The van der Waals surface area contributed by atoms with E-state index < -0.39 is 41.0 Å². The average molecular weight is 331 g/mol. The Bertz CT molecular complexity index is 297. The second-order valence-electron chi connectivity index (χ2n) is 4.26. The minimum atomic E-state index is -4.69. The van der Waals surface area contributed by atoms with Crippen LogP contribution in [0.25, 0.3) is 0 Å². The second kappa shape index (κ2) is 5.16. The number of ether oxygens (including phenoxy) is 2. The van der Waals surface area contributed by atoms with Crippen molar-refractivity contribution in [2.24, 2.45) is 0 Å². The van der Waals surface area contributed by atoms with Crippen LogP contribution in [0.3, 0.4) is 0 Å². The molecule has 0 aliphatic carbocycles. The Hall–Kier alpha value is 0.140. The number of alkyl halides is 6. The SMILES string of the molecule is CC(O)C1OC(C(F)(F)Cl)(C(F)(F)Cl)OC1C(C)O. The Morgan fingerprint density at radius 1 is 0.947 bits per heavy atom. The number of rotatable bonds is 4. The standard InChI is InChI=1S/C9H12Cl2F4O4/c1-3(16)5-6(4(2)17)19-7(18-5,8(10,12)13)9(11,14)15/h3-6,16-17H,1-2H3. The topological polar surface area (TPSA) is 58.9 Å². The van der Waals surface area contributed by atoms with Gasteiger partial charge in [0.15, 0.2) is 0 Å². The van der Waals surface area contributed by atoms with Crippen molar-refractivity contribution in [2.75, 3.05) is 0 Å². The molecule has 1 aliphatic rings. The van der Waals surface area contributed by atoms with Gasteiger partial charge in [-0.25, -0.2) is 0 Å². The summed E-state index contributed by atoms with van der Waals surface area (Å²) in [5.74, 6) is -3.98. The zero-order valence-electron chi connectivity index (χ0n) is 9.79. The highest BCUT2D eigenvalue weighted by atomic mass is 35.5.